The van der Waals surface area contributed by atoms with Crippen molar-refractivity contribution in [1.29, 1.82) is 0 Å². The molecule has 2 rings (SSSR count). The van der Waals surface area contributed by atoms with Crippen molar-refractivity contribution in [2.75, 3.05) is 6.54 Å². The van der Waals surface area contributed by atoms with Gasteiger partial charge in [0.05, 0.1) is 0 Å². The van der Waals surface area contributed by atoms with E-state index in [-0.39, 0.29) is 6.54 Å². The molecular formula is C13H12N2O3. The van der Waals surface area contributed by atoms with E-state index in [1.54, 1.807) is 12.3 Å². The second-order valence-electron chi connectivity index (χ2n) is 3.73. The Bertz CT molecular complexity index is 613. The number of hydrogen-bond donors (Lipinski definition) is 3. The second kappa shape index (κ2) is 5.18. The summed E-state index contributed by atoms with van der Waals surface area (Å²) in [5.41, 5.74) is 1.87. The molecule has 0 aliphatic rings. The number of aromatic amines is 1. The number of nitrogens with one attached hydrogen (secondary N) is 2. The fourth-order valence-corrected chi connectivity index (χ4v) is 1.62. The van der Waals surface area contributed by atoms with Crippen LogP contribution in [0.15, 0.2) is 36.5 Å². The van der Waals surface area contributed by atoms with Crippen LogP contribution in [0.5, 0.6) is 0 Å². The largest absolute Gasteiger partial charge is 0.480 e. The van der Waals surface area contributed by atoms with Crippen LogP contribution >= 0.6 is 0 Å². The van der Waals surface area contributed by atoms with Crippen LogP contribution in [-0.4, -0.2) is 28.5 Å². The van der Waals surface area contributed by atoms with Gasteiger partial charge >= 0.3 is 5.97 Å². The topological polar surface area (TPSA) is 82.2 Å². The molecule has 92 valence electrons. The molecule has 0 aliphatic heterocycles. The Morgan fingerprint density at radius 3 is 2.89 bits per heavy atom. The molecule has 0 atom stereocenters. The minimum absolute atomic E-state index is 0.378. The SMILES string of the molecule is O=C(O)CNC(=O)C=Cc1c[nH]c2ccccc12. The molecule has 0 bridgehead atoms. The number of amides is 1. The lowest BCUT2D eigenvalue weighted by Crippen LogP contribution is -2.27. The average Bonchev–Trinajstić information content (AvgIpc) is 2.77. The summed E-state index contributed by atoms with van der Waals surface area (Å²) in [6, 6.07) is 7.72. The molecule has 0 spiro atoms. The van der Waals surface area contributed by atoms with Gasteiger partial charge in [-0.05, 0) is 17.7 Å². The predicted molar refractivity (Wildman–Crippen MR) is 68.0 cm³/mol. The lowest BCUT2D eigenvalue weighted by molar-refractivity contribution is -0.137. The highest BCUT2D eigenvalue weighted by Gasteiger charge is 2.01. The number of carboxylic acid groups (broad SMARTS) is 1. The highest BCUT2D eigenvalue weighted by Crippen LogP contribution is 2.18. The Hall–Kier alpha value is -2.56. The quantitative estimate of drug-likeness (QED) is 0.710. The van der Waals surface area contributed by atoms with Crippen LogP contribution in [0.3, 0.4) is 0 Å². The third-order valence-electron chi connectivity index (χ3n) is 2.45. The van der Waals surface area contributed by atoms with Crippen LogP contribution in [-0.2, 0) is 9.59 Å². The summed E-state index contributed by atoms with van der Waals surface area (Å²) in [7, 11) is 0. The number of benzene rings is 1. The monoisotopic (exact) mass is 244 g/mol. The molecule has 18 heavy (non-hydrogen) atoms. The zero-order valence-corrected chi connectivity index (χ0v) is 9.51. The van der Waals surface area contributed by atoms with Crippen molar-refractivity contribution in [3.05, 3.63) is 42.1 Å². The van der Waals surface area contributed by atoms with E-state index < -0.39 is 11.9 Å². The van der Waals surface area contributed by atoms with Crippen LogP contribution in [0.4, 0.5) is 0 Å². The molecule has 1 aromatic heterocycles. The number of fused-ring (bicyclic) bond motifs is 1. The maximum absolute atomic E-state index is 11.3. The first kappa shape index (κ1) is 11.9. The standard InChI is InChI=1S/C13H12N2O3/c16-12(15-8-13(17)18)6-5-9-7-14-11-4-2-1-3-10(9)11/h1-7,14H,8H2,(H,15,16)(H,17,18). The van der Waals surface area contributed by atoms with Crippen LogP contribution in [0, 0.1) is 0 Å². The first-order valence-electron chi connectivity index (χ1n) is 5.40. The van der Waals surface area contributed by atoms with Crippen LogP contribution in [0.25, 0.3) is 17.0 Å². The van der Waals surface area contributed by atoms with Crippen molar-refractivity contribution >= 4 is 28.9 Å². The predicted octanol–water partition coefficient (Wildman–Crippen LogP) is 1.38. The van der Waals surface area contributed by atoms with Crippen molar-refractivity contribution in [2.24, 2.45) is 0 Å². The van der Waals surface area contributed by atoms with Gasteiger partial charge in [0.15, 0.2) is 0 Å². The zero-order chi connectivity index (χ0) is 13.0. The van der Waals surface area contributed by atoms with Gasteiger partial charge in [0.1, 0.15) is 6.54 Å². The second-order valence-corrected chi connectivity index (χ2v) is 3.73. The van der Waals surface area contributed by atoms with Gasteiger partial charge < -0.3 is 15.4 Å². The van der Waals surface area contributed by atoms with Gasteiger partial charge in [-0.2, -0.15) is 0 Å². The van der Waals surface area contributed by atoms with Gasteiger partial charge in [-0.1, -0.05) is 18.2 Å². The molecule has 1 aromatic carbocycles. The number of aromatic nitrogens is 1. The molecule has 0 radical (unpaired) electrons. The summed E-state index contributed by atoms with van der Waals surface area (Å²) in [6.07, 6.45) is 4.76. The lowest BCUT2D eigenvalue weighted by Gasteiger charge is -1.95. The number of carboxylic acids is 1. The number of H-pyrrole nitrogens is 1. The molecule has 0 saturated heterocycles. The van der Waals surface area contributed by atoms with Crippen molar-refractivity contribution in [1.82, 2.24) is 10.3 Å². The van der Waals surface area contributed by atoms with Crippen molar-refractivity contribution < 1.29 is 14.7 Å². The number of carbonyl (C=O) groups excluding carboxylic acids is 1. The van der Waals surface area contributed by atoms with Gasteiger partial charge in [-0.3, -0.25) is 9.59 Å². The summed E-state index contributed by atoms with van der Waals surface area (Å²) in [6.45, 7) is -0.378. The molecule has 1 amide bonds. The Morgan fingerprint density at radius 1 is 1.33 bits per heavy atom. The fourth-order valence-electron chi connectivity index (χ4n) is 1.62. The maximum Gasteiger partial charge on any atom is 0.322 e. The van der Waals surface area contributed by atoms with Gasteiger partial charge in [0, 0.05) is 23.2 Å². The number of para-hydroxylation sites is 1. The molecule has 0 fully saturated rings. The number of hydrogen-bond acceptors (Lipinski definition) is 2. The Morgan fingerprint density at radius 2 is 2.11 bits per heavy atom. The van der Waals surface area contributed by atoms with E-state index in [0.717, 1.165) is 16.5 Å². The Balaban J connectivity index is 2.09. The van der Waals surface area contributed by atoms with Crippen LogP contribution < -0.4 is 5.32 Å². The first-order valence-corrected chi connectivity index (χ1v) is 5.40. The Kier molecular flexibility index (Phi) is 3.43. The Labute approximate surface area is 103 Å². The van der Waals surface area contributed by atoms with Crippen molar-refractivity contribution in [2.45, 2.75) is 0 Å². The van der Waals surface area contributed by atoms with Gasteiger partial charge in [0.2, 0.25) is 5.91 Å². The third kappa shape index (κ3) is 2.76. The van der Waals surface area contributed by atoms with Crippen molar-refractivity contribution in [3.8, 4) is 0 Å². The van der Waals surface area contributed by atoms with E-state index in [1.165, 1.54) is 6.08 Å². The molecule has 0 unspecified atom stereocenters. The van der Waals surface area contributed by atoms with Crippen LogP contribution in [0.1, 0.15) is 5.56 Å². The van der Waals surface area contributed by atoms with Gasteiger partial charge in [-0.25, -0.2) is 0 Å². The smallest absolute Gasteiger partial charge is 0.322 e. The molecular weight excluding hydrogens is 232 g/mol. The fraction of sp³-hybridized carbons (Fsp3) is 0.0769. The molecule has 2 aromatic rings. The highest BCUT2D eigenvalue weighted by atomic mass is 16.4. The molecule has 5 heteroatoms. The average molecular weight is 244 g/mol. The van der Waals surface area contributed by atoms with E-state index in [0.29, 0.717) is 0 Å². The van der Waals surface area contributed by atoms with E-state index in [1.807, 2.05) is 24.3 Å². The highest BCUT2D eigenvalue weighted by molar-refractivity contribution is 5.97. The summed E-state index contributed by atoms with van der Waals surface area (Å²) >= 11 is 0. The first-order chi connectivity index (χ1) is 8.66. The van der Waals surface area contributed by atoms with E-state index >= 15 is 0 Å². The summed E-state index contributed by atoms with van der Waals surface area (Å²) in [5.74, 6) is -1.49. The zero-order valence-electron chi connectivity index (χ0n) is 9.51. The molecule has 5 nitrogen and oxygen atoms in total. The van der Waals surface area contributed by atoms with Crippen molar-refractivity contribution in [3.63, 3.8) is 0 Å². The van der Waals surface area contributed by atoms with Gasteiger partial charge in [-0.15, -0.1) is 0 Å². The summed E-state index contributed by atoms with van der Waals surface area (Å²) in [4.78, 5) is 24.7. The van der Waals surface area contributed by atoms with Crippen LogP contribution in [0.2, 0.25) is 0 Å². The lowest BCUT2D eigenvalue weighted by atomic mass is 10.1. The summed E-state index contributed by atoms with van der Waals surface area (Å²) in [5, 5.41) is 11.7. The number of carbonyl (C=O) groups is 2. The molecule has 0 aliphatic carbocycles. The maximum atomic E-state index is 11.3. The summed E-state index contributed by atoms with van der Waals surface area (Å²) < 4.78 is 0. The normalized spacial score (nSPS) is 10.9. The van der Waals surface area contributed by atoms with E-state index in [9.17, 15) is 9.59 Å². The minimum atomic E-state index is -1.07. The molecule has 0 saturated carbocycles. The number of rotatable bonds is 4. The molecule has 3 N–H and O–H groups in total. The number of aliphatic carboxylic acids is 1. The minimum Gasteiger partial charge on any atom is -0.480 e. The third-order valence-corrected chi connectivity index (χ3v) is 2.45. The molecule has 1 heterocycles. The van der Waals surface area contributed by atoms with E-state index in [4.69, 9.17) is 5.11 Å². The van der Waals surface area contributed by atoms with Gasteiger partial charge in [0.25, 0.3) is 0 Å². The van der Waals surface area contributed by atoms with E-state index in [2.05, 4.69) is 10.3 Å².